The van der Waals surface area contributed by atoms with Crippen LogP contribution in [-0.4, -0.2) is 22.3 Å². The van der Waals surface area contributed by atoms with Crippen molar-refractivity contribution in [3.63, 3.8) is 0 Å². The largest absolute Gasteiger partial charge is 0.486 e. The van der Waals surface area contributed by atoms with E-state index in [1.165, 1.54) is 11.1 Å². The number of aromatic nitrogens is 1. The molecule has 0 unspecified atom stereocenters. The second-order valence-corrected chi connectivity index (χ2v) is 6.96. The number of thiazole rings is 1. The summed E-state index contributed by atoms with van der Waals surface area (Å²) in [6.07, 6.45) is 1.49. The molecule has 0 aliphatic carbocycles. The molecule has 130 valence electrons. The quantitative estimate of drug-likeness (QED) is 0.707. The Kier molecular flexibility index (Phi) is 6.79. The highest BCUT2D eigenvalue weighted by Gasteiger charge is 2.13. The molecule has 0 saturated heterocycles. The maximum Gasteiger partial charge on any atom is 0.222 e. The van der Waals surface area contributed by atoms with E-state index in [0.717, 1.165) is 29.4 Å². The zero-order chi connectivity index (χ0) is 17.5. The molecule has 0 N–H and O–H groups in total. The zero-order valence-electron chi connectivity index (χ0n) is 15.0. The molecule has 5 heteroatoms. The van der Waals surface area contributed by atoms with Crippen molar-refractivity contribution in [2.45, 2.75) is 53.7 Å². The van der Waals surface area contributed by atoms with Gasteiger partial charge in [-0.1, -0.05) is 19.9 Å². The summed E-state index contributed by atoms with van der Waals surface area (Å²) in [4.78, 5) is 18.5. The van der Waals surface area contributed by atoms with E-state index in [0.29, 0.717) is 19.6 Å². The Bertz CT molecular complexity index is 662. The molecule has 1 aromatic heterocycles. The number of hydrogen-bond acceptors (Lipinski definition) is 4. The molecule has 0 bridgehead atoms. The molecule has 0 aliphatic heterocycles. The van der Waals surface area contributed by atoms with Crippen molar-refractivity contribution in [2.24, 2.45) is 0 Å². The third kappa shape index (κ3) is 5.34. The summed E-state index contributed by atoms with van der Waals surface area (Å²) >= 11 is 1.58. The van der Waals surface area contributed by atoms with E-state index >= 15 is 0 Å². The van der Waals surface area contributed by atoms with Crippen LogP contribution in [0, 0.1) is 13.8 Å². The highest BCUT2D eigenvalue weighted by Crippen LogP contribution is 2.19. The van der Waals surface area contributed by atoms with Gasteiger partial charge in [0.05, 0.1) is 12.2 Å². The molecule has 0 atom stereocenters. The smallest absolute Gasteiger partial charge is 0.222 e. The summed E-state index contributed by atoms with van der Waals surface area (Å²) in [5.41, 5.74) is 3.32. The van der Waals surface area contributed by atoms with Crippen molar-refractivity contribution in [2.75, 3.05) is 6.54 Å². The van der Waals surface area contributed by atoms with Gasteiger partial charge in [-0.15, -0.1) is 11.3 Å². The fourth-order valence-electron chi connectivity index (χ4n) is 2.63. The van der Waals surface area contributed by atoms with Gasteiger partial charge in [-0.25, -0.2) is 4.98 Å². The first-order valence-electron chi connectivity index (χ1n) is 8.44. The minimum absolute atomic E-state index is 0.179. The molecule has 1 heterocycles. The molecular weight excluding hydrogens is 320 g/mol. The SMILES string of the molecule is CCCN(Cc1csc(COc2cc(C)cc(C)c2)n1)C(=O)CC. The summed E-state index contributed by atoms with van der Waals surface area (Å²) in [7, 11) is 0. The summed E-state index contributed by atoms with van der Waals surface area (Å²) in [5, 5.41) is 2.95. The normalized spacial score (nSPS) is 10.7. The lowest BCUT2D eigenvalue weighted by atomic mass is 10.1. The Labute approximate surface area is 148 Å². The molecule has 1 aromatic carbocycles. The first-order valence-corrected chi connectivity index (χ1v) is 9.32. The number of carbonyl (C=O) groups is 1. The second kappa shape index (κ2) is 8.83. The van der Waals surface area contributed by atoms with Crippen LogP contribution in [0.3, 0.4) is 0 Å². The van der Waals surface area contributed by atoms with Crippen molar-refractivity contribution >= 4 is 17.2 Å². The maximum atomic E-state index is 12.0. The predicted molar refractivity (Wildman–Crippen MR) is 98.4 cm³/mol. The topological polar surface area (TPSA) is 42.4 Å². The number of benzene rings is 1. The van der Waals surface area contributed by atoms with E-state index in [-0.39, 0.29) is 5.91 Å². The van der Waals surface area contributed by atoms with E-state index in [2.05, 4.69) is 31.8 Å². The number of rotatable bonds is 8. The highest BCUT2D eigenvalue weighted by atomic mass is 32.1. The lowest BCUT2D eigenvalue weighted by Crippen LogP contribution is -2.30. The van der Waals surface area contributed by atoms with E-state index in [1.54, 1.807) is 11.3 Å². The van der Waals surface area contributed by atoms with Crippen LogP contribution in [0.25, 0.3) is 0 Å². The van der Waals surface area contributed by atoms with Crippen molar-refractivity contribution in [1.29, 1.82) is 0 Å². The molecule has 1 amide bonds. The standard InChI is InChI=1S/C19H26N2O2S/c1-5-7-21(19(22)6-2)11-16-13-24-18(20-16)12-23-17-9-14(3)8-15(4)10-17/h8-10,13H,5-7,11-12H2,1-4H3. The van der Waals surface area contributed by atoms with Gasteiger partial charge >= 0.3 is 0 Å². The van der Waals surface area contributed by atoms with E-state index in [4.69, 9.17) is 4.74 Å². The lowest BCUT2D eigenvalue weighted by molar-refractivity contribution is -0.131. The lowest BCUT2D eigenvalue weighted by Gasteiger charge is -2.20. The summed E-state index contributed by atoms with van der Waals surface area (Å²) in [6.45, 7) is 9.93. The molecule has 0 aliphatic rings. The van der Waals surface area contributed by atoms with Crippen LogP contribution in [0.1, 0.15) is 48.5 Å². The molecule has 0 radical (unpaired) electrons. The van der Waals surface area contributed by atoms with Crippen LogP contribution in [0.15, 0.2) is 23.6 Å². The van der Waals surface area contributed by atoms with Gasteiger partial charge in [0.25, 0.3) is 0 Å². The van der Waals surface area contributed by atoms with Crippen LogP contribution in [-0.2, 0) is 17.9 Å². The number of aryl methyl sites for hydroxylation is 2. The van der Waals surface area contributed by atoms with Gasteiger partial charge in [-0.05, 0) is 43.5 Å². The molecule has 2 aromatic rings. The van der Waals surface area contributed by atoms with Crippen LogP contribution in [0.5, 0.6) is 5.75 Å². The number of hydrogen-bond donors (Lipinski definition) is 0. The number of nitrogens with zero attached hydrogens (tertiary/aromatic N) is 2. The van der Waals surface area contributed by atoms with Gasteiger partial charge in [0.2, 0.25) is 5.91 Å². The summed E-state index contributed by atoms with van der Waals surface area (Å²) < 4.78 is 5.86. The van der Waals surface area contributed by atoms with Crippen molar-refractivity contribution in [3.05, 3.63) is 45.4 Å². The first-order chi connectivity index (χ1) is 11.5. The maximum absolute atomic E-state index is 12.0. The van der Waals surface area contributed by atoms with Gasteiger partial charge in [-0.2, -0.15) is 0 Å². The average Bonchev–Trinajstić information content (AvgIpc) is 2.98. The van der Waals surface area contributed by atoms with Gasteiger partial charge < -0.3 is 9.64 Å². The van der Waals surface area contributed by atoms with Crippen LogP contribution < -0.4 is 4.74 Å². The van der Waals surface area contributed by atoms with Gasteiger partial charge in [0, 0.05) is 18.3 Å². The monoisotopic (exact) mass is 346 g/mol. The van der Waals surface area contributed by atoms with Crippen molar-refractivity contribution < 1.29 is 9.53 Å². The Morgan fingerprint density at radius 1 is 1.21 bits per heavy atom. The second-order valence-electron chi connectivity index (χ2n) is 6.01. The molecule has 0 spiro atoms. The Hall–Kier alpha value is -1.88. The summed E-state index contributed by atoms with van der Waals surface area (Å²) in [5.74, 6) is 1.05. The van der Waals surface area contributed by atoms with Crippen molar-refractivity contribution in [1.82, 2.24) is 9.88 Å². The minimum Gasteiger partial charge on any atom is -0.486 e. The summed E-state index contributed by atoms with van der Waals surface area (Å²) in [6, 6.07) is 6.19. The molecule has 24 heavy (non-hydrogen) atoms. The fourth-order valence-corrected chi connectivity index (χ4v) is 3.33. The van der Waals surface area contributed by atoms with Gasteiger partial charge in [0.15, 0.2) is 0 Å². The Balaban J connectivity index is 1.95. The predicted octanol–water partition coefficient (Wildman–Crippen LogP) is 4.49. The minimum atomic E-state index is 0.179. The van der Waals surface area contributed by atoms with Crippen LogP contribution in [0.4, 0.5) is 0 Å². The number of ether oxygens (including phenoxy) is 1. The fraction of sp³-hybridized carbons (Fsp3) is 0.474. The third-order valence-corrected chi connectivity index (χ3v) is 4.53. The van der Waals surface area contributed by atoms with E-state index in [1.807, 2.05) is 29.3 Å². The molecular formula is C19H26N2O2S. The zero-order valence-corrected chi connectivity index (χ0v) is 15.8. The first kappa shape index (κ1) is 18.5. The Morgan fingerprint density at radius 2 is 1.92 bits per heavy atom. The average molecular weight is 346 g/mol. The third-order valence-electron chi connectivity index (χ3n) is 3.66. The van der Waals surface area contributed by atoms with Crippen LogP contribution in [0.2, 0.25) is 0 Å². The number of carbonyl (C=O) groups excluding carboxylic acids is 1. The molecule has 0 fully saturated rings. The van der Waals surface area contributed by atoms with Crippen LogP contribution >= 0.6 is 11.3 Å². The van der Waals surface area contributed by atoms with E-state index < -0.39 is 0 Å². The Morgan fingerprint density at radius 3 is 2.54 bits per heavy atom. The molecule has 4 nitrogen and oxygen atoms in total. The number of amides is 1. The molecule has 0 saturated carbocycles. The van der Waals surface area contributed by atoms with E-state index in [9.17, 15) is 4.79 Å². The molecule has 2 rings (SSSR count). The van der Waals surface area contributed by atoms with Crippen molar-refractivity contribution in [3.8, 4) is 5.75 Å². The highest BCUT2D eigenvalue weighted by molar-refractivity contribution is 7.09. The van der Waals surface area contributed by atoms with Gasteiger partial charge in [0.1, 0.15) is 17.4 Å². The van der Waals surface area contributed by atoms with Gasteiger partial charge in [-0.3, -0.25) is 4.79 Å².